The zero-order valence-corrected chi connectivity index (χ0v) is 13.4. The van der Waals surface area contributed by atoms with E-state index in [1.165, 1.54) is 12.8 Å². The molecule has 5 heteroatoms. The van der Waals surface area contributed by atoms with Crippen LogP contribution in [0.2, 0.25) is 0 Å². The van der Waals surface area contributed by atoms with Crippen molar-refractivity contribution in [2.24, 2.45) is 0 Å². The van der Waals surface area contributed by atoms with E-state index in [0.717, 1.165) is 28.1 Å². The average molecular weight is 340 g/mol. The molecule has 102 valence electrons. The molecule has 1 aliphatic carbocycles. The fourth-order valence-electron chi connectivity index (χ4n) is 1.91. The van der Waals surface area contributed by atoms with Gasteiger partial charge in [0.15, 0.2) is 0 Å². The van der Waals surface area contributed by atoms with Crippen LogP contribution in [-0.2, 0) is 0 Å². The minimum atomic E-state index is -0.372. The Morgan fingerprint density at radius 1 is 1.63 bits per heavy atom. The van der Waals surface area contributed by atoms with E-state index in [4.69, 9.17) is 0 Å². The molecule has 1 atom stereocenters. The summed E-state index contributed by atoms with van der Waals surface area (Å²) in [6.45, 7) is 2.01. The van der Waals surface area contributed by atoms with Crippen LogP contribution in [0.25, 0.3) is 0 Å². The molecule has 2 rings (SSSR count). The number of aromatic nitrogens is 1. The van der Waals surface area contributed by atoms with Crippen molar-refractivity contribution in [2.75, 3.05) is 5.75 Å². The maximum atomic E-state index is 9.28. The van der Waals surface area contributed by atoms with Crippen molar-refractivity contribution in [3.05, 3.63) is 22.8 Å². The molecule has 0 aliphatic heterocycles. The minimum Gasteiger partial charge on any atom is -0.297 e. The number of thioether (sulfide) groups is 1. The third-order valence-electron chi connectivity index (χ3n) is 3.13. The van der Waals surface area contributed by atoms with Gasteiger partial charge in [-0.2, -0.15) is 5.26 Å². The van der Waals surface area contributed by atoms with Crippen molar-refractivity contribution < 1.29 is 0 Å². The fourth-order valence-corrected chi connectivity index (χ4v) is 3.33. The number of hydrogen-bond acceptors (Lipinski definition) is 4. The van der Waals surface area contributed by atoms with Crippen molar-refractivity contribution in [3.63, 3.8) is 0 Å². The SMILES string of the molecule is CC(C#N)(CCCSc1ncccc1Br)NC1CC1. The number of rotatable bonds is 7. The van der Waals surface area contributed by atoms with Crippen LogP contribution in [0.5, 0.6) is 0 Å². The molecule has 1 fully saturated rings. The lowest BCUT2D eigenvalue weighted by Crippen LogP contribution is -2.42. The zero-order chi connectivity index (χ0) is 13.7. The predicted octanol–water partition coefficient (Wildman–Crippen LogP) is 3.75. The second-order valence-electron chi connectivity index (χ2n) is 5.10. The molecule has 19 heavy (non-hydrogen) atoms. The van der Waals surface area contributed by atoms with E-state index >= 15 is 0 Å². The third kappa shape index (κ3) is 4.79. The summed E-state index contributed by atoms with van der Waals surface area (Å²) in [4.78, 5) is 4.33. The molecule has 0 aromatic carbocycles. The summed E-state index contributed by atoms with van der Waals surface area (Å²) in [7, 11) is 0. The topological polar surface area (TPSA) is 48.7 Å². The largest absolute Gasteiger partial charge is 0.297 e. The normalized spacial score (nSPS) is 17.7. The Morgan fingerprint density at radius 3 is 3.05 bits per heavy atom. The maximum absolute atomic E-state index is 9.28. The Bertz CT molecular complexity index is 470. The van der Waals surface area contributed by atoms with Crippen molar-refractivity contribution in [1.82, 2.24) is 10.3 Å². The Kier molecular flexibility index (Phi) is 5.26. The van der Waals surface area contributed by atoms with Crippen LogP contribution < -0.4 is 5.32 Å². The highest BCUT2D eigenvalue weighted by molar-refractivity contribution is 9.10. The van der Waals surface area contributed by atoms with E-state index in [-0.39, 0.29) is 5.54 Å². The molecule has 0 amide bonds. The monoisotopic (exact) mass is 339 g/mol. The van der Waals surface area contributed by atoms with Gasteiger partial charge in [-0.1, -0.05) is 0 Å². The molecule has 1 N–H and O–H groups in total. The first-order valence-electron chi connectivity index (χ1n) is 6.55. The number of nitriles is 1. The molecule has 3 nitrogen and oxygen atoms in total. The van der Waals surface area contributed by atoms with Gasteiger partial charge < -0.3 is 0 Å². The van der Waals surface area contributed by atoms with Crippen LogP contribution in [0.15, 0.2) is 27.8 Å². The average Bonchev–Trinajstić information content (AvgIpc) is 3.20. The molecule has 1 aromatic heterocycles. The molecule has 0 spiro atoms. The zero-order valence-electron chi connectivity index (χ0n) is 11.0. The third-order valence-corrected chi connectivity index (χ3v) is 5.13. The Labute approximate surface area is 127 Å². The van der Waals surface area contributed by atoms with Crippen LogP contribution in [0, 0.1) is 11.3 Å². The van der Waals surface area contributed by atoms with Gasteiger partial charge in [-0.15, -0.1) is 11.8 Å². The lowest BCUT2D eigenvalue weighted by Gasteiger charge is -2.23. The molecule has 0 radical (unpaired) electrons. The lowest BCUT2D eigenvalue weighted by molar-refractivity contribution is 0.412. The highest BCUT2D eigenvalue weighted by atomic mass is 79.9. The summed E-state index contributed by atoms with van der Waals surface area (Å²) in [6, 6.07) is 6.91. The van der Waals surface area contributed by atoms with E-state index < -0.39 is 0 Å². The van der Waals surface area contributed by atoms with Gasteiger partial charge in [0, 0.05) is 16.7 Å². The summed E-state index contributed by atoms with van der Waals surface area (Å²) in [6.07, 6.45) is 6.13. The first-order valence-corrected chi connectivity index (χ1v) is 8.33. The van der Waals surface area contributed by atoms with Crippen LogP contribution in [0.4, 0.5) is 0 Å². The van der Waals surface area contributed by atoms with E-state index in [9.17, 15) is 5.26 Å². The quantitative estimate of drug-likeness (QED) is 0.607. The van der Waals surface area contributed by atoms with Gasteiger partial charge in [0.05, 0.1) is 6.07 Å². The van der Waals surface area contributed by atoms with Crippen molar-refractivity contribution in [3.8, 4) is 6.07 Å². The van der Waals surface area contributed by atoms with E-state index in [1.54, 1.807) is 18.0 Å². The second kappa shape index (κ2) is 6.74. The highest BCUT2D eigenvalue weighted by Gasteiger charge is 2.31. The smallest absolute Gasteiger partial charge is 0.110 e. The van der Waals surface area contributed by atoms with Gasteiger partial charge in [0.2, 0.25) is 0 Å². The summed E-state index contributed by atoms with van der Waals surface area (Å²) in [5.41, 5.74) is -0.372. The van der Waals surface area contributed by atoms with E-state index in [0.29, 0.717) is 6.04 Å². The Balaban J connectivity index is 1.74. The molecule has 1 unspecified atom stereocenters. The van der Waals surface area contributed by atoms with E-state index in [1.807, 2.05) is 19.1 Å². The molecule has 1 aromatic rings. The molecule has 1 aliphatic rings. The number of nitrogens with one attached hydrogen (secondary N) is 1. The molecule has 0 bridgehead atoms. The molecule has 1 saturated carbocycles. The van der Waals surface area contributed by atoms with Crippen LogP contribution in [0.1, 0.15) is 32.6 Å². The highest BCUT2D eigenvalue weighted by Crippen LogP contribution is 2.28. The van der Waals surface area contributed by atoms with Gasteiger partial charge in [-0.05, 0) is 66.4 Å². The van der Waals surface area contributed by atoms with Gasteiger partial charge in [-0.3, -0.25) is 5.32 Å². The summed E-state index contributed by atoms with van der Waals surface area (Å²) >= 11 is 5.23. The number of hydrogen-bond donors (Lipinski definition) is 1. The molecule has 1 heterocycles. The van der Waals surface area contributed by atoms with Crippen molar-refractivity contribution in [1.29, 1.82) is 5.26 Å². The Morgan fingerprint density at radius 2 is 2.42 bits per heavy atom. The van der Waals surface area contributed by atoms with E-state index in [2.05, 4.69) is 32.3 Å². The summed E-state index contributed by atoms with van der Waals surface area (Å²) in [5, 5.41) is 13.7. The van der Waals surface area contributed by atoms with Crippen LogP contribution >= 0.6 is 27.7 Å². The van der Waals surface area contributed by atoms with Gasteiger partial charge >= 0.3 is 0 Å². The van der Waals surface area contributed by atoms with Crippen molar-refractivity contribution in [2.45, 2.75) is 49.2 Å². The van der Waals surface area contributed by atoms with Gasteiger partial charge in [-0.25, -0.2) is 4.98 Å². The molecular weight excluding hydrogens is 322 g/mol. The first-order chi connectivity index (χ1) is 9.13. The number of nitrogens with zero attached hydrogens (tertiary/aromatic N) is 2. The minimum absolute atomic E-state index is 0.372. The van der Waals surface area contributed by atoms with Crippen molar-refractivity contribution >= 4 is 27.7 Å². The van der Waals surface area contributed by atoms with Gasteiger partial charge in [0.25, 0.3) is 0 Å². The Hall–Kier alpha value is -0.570. The lowest BCUT2D eigenvalue weighted by atomic mass is 9.98. The number of halogens is 1. The maximum Gasteiger partial charge on any atom is 0.110 e. The van der Waals surface area contributed by atoms with Crippen LogP contribution in [-0.4, -0.2) is 22.3 Å². The van der Waals surface area contributed by atoms with Gasteiger partial charge in [0.1, 0.15) is 10.6 Å². The molecule has 0 saturated heterocycles. The standard InChI is InChI=1S/C14H18BrN3S/c1-14(10-16,18-11-5-6-11)7-3-9-19-13-12(15)4-2-8-17-13/h2,4,8,11,18H,3,5-7,9H2,1H3. The summed E-state index contributed by atoms with van der Waals surface area (Å²) < 4.78 is 1.04. The fraction of sp³-hybridized carbons (Fsp3) is 0.571. The second-order valence-corrected chi connectivity index (χ2v) is 7.04. The predicted molar refractivity (Wildman–Crippen MR) is 82.1 cm³/mol. The molecular formula is C14H18BrN3S. The summed E-state index contributed by atoms with van der Waals surface area (Å²) in [5.74, 6) is 0.985. The number of pyridine rings is 1. The van der Waals surface area contributed by atoms with Crippen LogP contribution in [0.3, 0.4) is 0 Å². The first kappa shape index (κ1) is 14.8.